The molecule has 0 spiro atoms. The molecule has 1 aliphatic heterocycles. The molecule has 18 heavy (non-hydrogen) atoms. The molecule has 100 valence electrons. The highest BCUT2D eigenvalue weighted by atomic mass is 15.3. The van der Waals surface area contributed by atoms with Crippen molar-refractivity contribution in [1.29, 1.82) is 0 Å². The minimum absolute atomic E-state index is 0.725. The highest BCUT2D eigenvalue weighted by molar-refractivity contribution is 5.46. The fourth-order valence-corrected chi connectivity index (χ4v) is 2.13. The van der Waals surface area contributed by atoms with Gasteiger partial charge in [0.05, 0.1) is 11.9 Å². The zero-order valence-electron chi connectivity index (χ0n) is 11.3. The van der Waals surface area contributed by atoms with Gasteiger partial charge in [-0.15, -0.1) is 0 Å². The lowest BCUT2D eigenvalue weighted by Gasteiger charge is -2.35. The molecular weight excluding hydrogens is 226 g/mol. The second kappa shape index (κ2) is 6.02. The molecule has 5 heteroatoms. The van der Waals surface area contributed by atoms with Crippen LogP contribution in [-0.4, -0.2) is 68.1 Å². The maximum Gasteiger partial charge on any atom is 0.128 e. The number of rotatable bonds is 4. The number of likely N-dealkylation sites (N-methyl/N-ethyl adjacent to an activating group) is 1. The van der Waals surface area contributed by atoms with Gasteiger partial charge in [0.2, 0.25) is 0 Å². The predicted molar refractivity (Wildman–Crippen MR) is 75.9 cm³/mol. The second-order valence-corrected chi connectivity index (χ2v) is 5.08. The molecule has 0 bridgehead atoms. The third-order valence-corrected chi connectivity index (χ3v) is 3.33. The number of hydrogen-bond acceptors (Lipinski definition) is 5. The molecule has 0 unspecified atom stereocenters. The molecule has 2 N–H and O–H groups in total. The number of pyridine rings is 1. The van der Waals surface area contributed by atoms with Crippen molar-refractivity contribution in [3.63, 3.8) is 0 Å². The van der Waals surface area contributed by atoms with Crippen LogP contribution in [0.5, 0.6) is 0 Å². The van der Waals surface area contributed by atoms with Crippen LogP contribution in [0.15, 0.2) is 18.3 Å². The molecule has 1 aromatic heterocycles. The Morgan fingerprint density at radius 2 is 1.94 bits per heavy atom. The van der Waals surface area contributed by atoms with Crippen molar-refractivity contribution < 1.29 is 0 Å². The third kappa shape index (κ3) is 3.58. The van der Waals surface area contributed by atoms with E-state index in [0.717, 1.165) is 50.8 Å². The SMILES string of the molecule is CN(C)CCN1CCN(c2ccc(N)cn2)CC1. The van der Waals surface area contributed by atoms with Crippen molar-refractivity contribution in [2.45, 2.75) is 0 Å². The van der Waals surface area contributed by atoms with E-state index >= 15 is 0 Å². The molecule has 1 aliphatic rings. The number of hydrogen-bond donors (Lipinski definition) is 1. The van der Waals surface area contributed by atoms with Crippen molar-refractivity contribution >= 4 is 11.5 Å². The van der Waals surface area contributed by atoms with E-state index in [1.807, 2.05) is 12.1 Å². The molecule has 1 aromatic rings. The summed E-state index contributed by atoms with van der Waals surface area (Å²) in [6.45, 7) is 6.59. The van der Waals surface area contributed by atoms with E-state index in [2.05, 4.69) is 33.8 Å². The first-order valence-corrected chi connectivity index (χ1v) is 6.49. The van der Waals surface area contributed by atoms with E-state index in [-0.39, 0.29) is 0 Å². The highest BCUT2D eigenvalue weighted by Gasteiger charge is 2.17. The monoisotopic (exact) mass is 249 g/mol. The molecule has 0 aromatic carbocycles. The lowest BCUT2D eigenvalue weighted by atomic mass is 10.3. The number of nitrogens with zero attached hydrogens (tertiary/aromatic N) is 4. The van der Waals surface area contributed by atoms with Gasteiger partial charge in [-0.2, -0.15) is 0 Å². The number of nitrogen functional groups attached to an aromatic ring is 1. The van der Waals surface area contributed by atoms with Crippen LogP contribution < -0.4 is 10.6 Å². The Bertz CT molecular complexity index is 354. The smallest absolute Gasteiger partial charge is 0.128 e. The van der Waals surface area contributed by atoms with Crippen LogP contribution in [0.25, 0.3) is 0 Å². The van der Waals surface area contributed by atoms with Crippen LogP contribution in [0.1, 0.15) is 0 Å². The summed E-state index contributed by atoms with van der Waals surface area (Å²) in [4.78, 5) is 11.4. The fraction of sp³-hybridized carbons (Fsp3) is 0.615. The van der Waals surface area contributed by atoms with Gasteiger partial charge in [-0.3, -0.25) is 4.90 Å². The zero-order chi connectivity index (χ0) is 13.0. The first-order valence-electron chi connectivity index (χ1n) is 6.49. The molecule has 0 aliphatic carbocycles. The summed E-state index contributed by atoms with van der Waals surface area (Å²) >= 11 is 0. The summed E-state index contributed by atoms with van der Waals surface area (Å²) < 4.78 is 0. The summed E-state index contributed by atoms with van der Waals surface area (Å²) in [7, 11) is 4.24. The number of aromatic nitrogens is 1. The zero-order valence-corrected chi connectivity index (χ0v) is 11.3. The highest BCUT2D eigenvalue weighted by Crippen LogP contribution is 2.14. The van der Waals surface area contributed by atoms with Crippen LogP contribution in [0.3, 0.4) is 0 Å². The van der Waals surface area contributed by atoms with Gasteiger partial charge in [-0.25, -0.2) is 4.98 Å². The van der Waals surface area contributed by atoms with Gasteiger partial charge in [-0.1, -0.05) is 0 Å². The van der Waals surface area contributed by atoms with Crippen LogP contribution in [0.4, 0.5) is 11.5 Å². The standard InChI is InChI=1S/C13H23N5/c1-16(2)5-6-17-7-9-18(10-8-17)13-4-3-12(14)11-15-13/h3-4,11H,5-10,14H2,1-2H3. The molecule has 0 radical (unpaired) electrons. The normalized spacial score (nSPS) is 17.4. The Morgan fingerprint density at radius 3 is 2.50 bits per heavy atom. The van der Waals surface area contributed by atoms with E-state index in [1.54, 1.807) is 6.20 Å². The van der Waals surface area contributed by atoms with Crippen molar-refractivity contribution in [2.24, 2.45) is 0 Å². The molecule has 1 saturated heterocycles. The largest absolute Gasteiger partial charge is 0.397 e. The topological polar surface area (TPSA) is 48.6 Å². The third-order valence-electron chi connectivity index (χ3n) is 3.33. The molecule has 2 rings (SSSR count). The Balaban J connectivity index is 1.81. The van der Waals surface area contributed by atoms with Gasteiger partial charge in [0.15, 0.2) is 0 Å². The van der Waals surface area contributed by atoms with E-state index < -0.39 is 0 Å². The minimum atomic E-state index is 0.725. The van der Waals surface area contributed by atoms with Crippen molar-refractivity contribution in [3.8, 4) is 0 Å². The molecule has 1 fully saturated rings. The van der Waals surface area contributed by atoms with Crippen LogP contribution in [0.2, 0.25) is 0 Å². The summed E-state index contributed by atoms with van der Waals surface area (Å²) in [6, 6.07) is 3.92. The van der Waals surface area contributed by atoms with E-state index in [4.69, 9.17) is 5.73 Å². The van der Waals surface area contributed by atoms with Gasteiger partial charge in [0.25, 0.3) is 0 Å². The molecule has 0 saturated carbocycles. The first-order chi connectivity index (χ1) is 8.65. The lowest BCUT2D eigenvalue weighted by Crippen LogP contribution is -2.48. The fourth-order valence-electron chi connectivity index (χ4n) is 2.13. The Labute approximate surface area is 109 Å². The maximum atomic E-state index is 5.65. The Hall–Kier alpha value is -1.33. The molecule has 0 atom stereocenters. The van der Waals surface area contributed by atoms with Crippen molar-refractivity contribution in [3.05, 3.63) is 18.3 Å². The summed E-state index contributed by atoms with van der Waals surface area (Å²) in [5.74, 6) is 1.04. The van der Waals surface area contributed by atoms with E-state index in [1.165, 1.54) is 0 Å². The summed E-state index contributed by atoms with van der Waals surface area (Å²) in [5.41, 5.74) is 6.38. The summed E-state index contributed by atoms with van der Waals surface area (Å²) in [5, 5.41) is 0. The Morgan fingerprint density at radius 1 is 1.22 bits per heavy atom. The van der Waals surface area contributed by atoms with Gasteiger partial charge < -0.3 is 15.5 Å². The van der Waals surface area contributed by atoms with Crippen LogP contribution >= 0.6 is 0 Å². The number of anilines is 2. The first kappa shape index (κ1) is 13.1. The lowest BCUT2D eigenvalue weighted by molar-refractivity contribution is 0.229. The summed E-state index contributed by atoms with van der Waals surface area (Å²) in [6.07, 6.45) is 1.73. The van der Waals surface area contributed by atoms with E-state index in [9.17, 15) is 0 Å². The van der Waals surface area contributed by atoms with E-state index in [0.29, 0.717) is 0 Å². The van der Waals surface area contributed by atoms with Gasteiger partial charge in [0, 0.05) is 39.3 Å². The van der Waals surface area contributed by atoms with Crippen molar-refractivity contribution in [1.82, 2.24) is 14.8 Å². The number of nitrogens with two attached hydrogens (primary N) is 1. The van der Waals surface area contributed by atoms with Crippen LogP contribution in [-0.2, 0) is 0 Å². The van der Waals surface area contributed by atoms with Gasteiger partial charge in [0.1, 0.15) is 5.82 Å². The molecular formula is C13H23N5. The minimum Gasteiger partial charge on any atom is -0.397 e. The maximum absolute atomic E-state index is 5.65. The quantitative estimate of drug-likeness (QED) is 0.834. The second-order valence-electron chi connectivity index (χ2n) is 5.08. The molecule has 0 amide bonds. The van der Waals surface area contributed by atoms with Gasteiger partial charge in [-0.05, 0) is 26.2 Å². The van der Waals surface area contributed by atoms with Gasteiger partial charge >= 0.3 is 0 Å². The number of piperazine rings is 1. The average molecular weight is 249 g/mol. The predicted octanol–water partition coefficient (Wildman–Crippen LogP) is 0.347. The molecule has 2 heterocycles. The van der Waals surface area contributed by atoms with Crippen LogP contribution in [0, 0.1) is 0 Å². The molecule has 5 nitrogen and oxygen atoms in total. The van der Waals surface area contributed by atoms with Crippen molar-refractivity contribution in [2.75, 3.05) is 64.0 Å². The average Bonchev–Trinajstić information content (AvgIpc) is 2.38. The Kier molecular flexibility index (Phi) is 4.38.